The third-order valence-electron chi connectivity index (χ3n) is 5.62. The zero-order valence-corrected chi connectivity index (χ0v) is 13.9. The maximum absolute atomic E-state index is 5.75. The van der Waals surface area contributed by atoms with E-state index in [1.807, 2.05) is 22.9 Å². The zero-order valence-electron chi connectivity index (χ0n) is 13.9. The van der Waals surface area contributed by atoms with Crippen LogP contribution < -0.4 is 5.32 Å². The van der Waals surface area contributed by atoms with E-state index in [0.29, 0.717) is 11.9 Å². The maximum Gasteiger partial charge on any atom is 0.234 e. The number of imidazole rings is 1. The summed E-state index contributed by atoms with van der Waals surface area (Å²) in [7, 11) is 0. The van der Waals surface area contributed by atoms with Crippen LogP contribution in [0.3, 0.4) is 0 Å². The highest BCUT2D eigenvalue weighted by atomic mass is 16.5. The Bertz CT molecular complexity index is 873. The zero-order chi connectivity index (χ0) is 16.7. The molecular weight excluding hydrogens is 316 g/mol. The predicted molar refractivity (Wildman–Crippen MR) is 91.2 cm³/mol. The molecule has 2 atom stereocenters. The molecule has 7 nitrogen and oxygen atoms in total. The van der Waals surface area contributed by atoms with Gasteiger partial charge in [-0.2, -0.15) is 4.98 Å². The summed E-state index contributed by atoms with van der Waals surface area (Å²) in [5.41, 5.74) is 0.924. The lowest BCUT2D eigenvalue weighted by molar-refractivity contribution is 0.199. The van der Waals surface area contributed by atoms with Crippen LogP contribution in [-0.2, 0) is 5.41 Å². The van der Waals surface area contributed by atoms with Gasteiger partial charge in [-0.15, -0.1) is 0 Å². The van der Waals surface area contributed by atoms with Gasteiger partial charge in [0.05, 0.1) is 5.41 Å². The van der Waals surface area contributed by atoms with E-state index in [-0.39, 0.29) is 5.41 Å². The minimum atomic E-state index is 0.0176. The Morgan fingerprint density at radius 3 is 3.16 bits per heavy atom. The quantitative estimate of drug-likeness (QED) is 0.791. The number of rotatable bonds is 3. The summed E-state index contributed by atoms with van der Waals surface area (Å²) in [6.07, 6.45) is 13.0. The van der Waals surface area contributed by atoms with Crippen molar-refractivity contribution in [1.29, 1.82) is 0 Å². The van der Waals surface area contributed by atoms with Crippen molar-refractivity contribution in [2.75, 3.05) is 6.54 Å². The summed E-state index contributed by atoms with van der Waals surface area (Å²) in [6.45, 7) is 1.03. The van der Waals surface area contributed by atoms with Gasteiger partial charge in [0.2, 0.25) is 11.7 Å². The van der Waals surface area contributed by atoms with Gasteiger partial charge in [0.25, 0.3) is 0 Å². The van der Waals surface area contributed by atoms with Gasteiger partial charge in [-0.3, -0.25) is 4.57 Å². The molecule has 7 heteroatoms. The summed E-state index contributed by atoms with van der Waals surface area (Å²) in [5, 5.41) is 7.90. The monoisotopic (exact) mass is 336 g/mol. The second-order valence-electron chi connectivity index (χ2n) is 6.95. The highest BCUT2D eigenvalue weighted by molar-refractivity contribution is 5.56. The normalized spacial score (nSPS) is 25.8. The van der Waals surface area contributed by atoms with E-state index in [1.54, 1.807) is 18.7 Å². The van der Waals surface area contributed by atoms with Crippen molar-refractivity contribution in [2.24, 2.45) is 0 Å². The molecule has 0 spiro atoms. The molecule has 1 saturated carbocycles. The van der Waals surface area contributed by atoms with Gasteiger partial charge in [-0.25, -0.2) is 9.97 Å². The third-order valence-corrected chi connectivity index (χ3v) is 5.62. The first-order chi connectivity index (χ1) is 12.4. The standard InChI is InChI=1S/C18H20N6O/c1-2-5-18(6-8-20-14(18)3-1)17-22-16(23-25-17)13-4-7-21-15(11-13)24-10-9-19-12-24/h4,7,9-12,14,20H,1-3,5-6,8H2/t14-,18+/m0/s1. The molecule has 1 aliphatic carbocycles. The van der Waals surface area contributed by atoms with Gasteiger partial charge in [-0.1, -0.05) is 18.0 Å². The largest absolute Gasteiger partial charge is 0.338 e. The molecule has 5 rings (SSSR count). The third kappa shape index (κ3) is 2.38. The van der Waals surface area contributed by atoms with E-state index in [2.05, 4.69) is 20.4 Å². The molecule has 4 heterocycles. The molecule has 0 aromatic carbocycles. The van der Waals surface area contributed by atoms with Gasteiger partial charge in [0.1, 0.15) is 12.1 Å². The van der Waals surface area contributed by atoms with E-state index in [9.17, 15) is 0 Å². The molecule has 1 N–H and O–H groups in total. The minimum absolute atomic E-state index is 0.0176. The van der Waals surface area contributed by atoms with Crippen LogP contribution >= 0.6 is 0 Å². The maximum atomic E-state index is 5.75. The predicted octanol–water partition coefficient (Wildman–Crippen LogP) is 2.49. The molecule has 0 amide bonds. The van der Waals surface area contributed by atoms with Crippen LogP contribution in [0.15, 0.2) is 41.6 Å². The summed E-state index contributed by atoms with van der Waals surface area (Å²) < 4.78 is 7.62. The first-order valence-electron chi connectivity index (χ1n) is 8.87. The molecule has 128 valence electrons. The fraction of sp³-hybridized carbons (Fsp3) is 0.444. The van der Waals surface area contributed by atoms with Crippen molar-refractivity contribution >= 4 is 0 Å². The lowest BCUT2D eigenvalue weighted by Gasteiger charge is -2.35. The molecule has 3 aromatic rings. The SMILES string of the molecule is c1cn(-c2cc(-c3noc([C@@]45CCCC[C@@H]4NCC5)n3)ccn2)cn1. The number of aromatic nitrogens is 5. The average Bonchev–Trinajstić information content (AvgIpc) is 3.42. The number of nitrogens with zero attached hydrogens (tertiary/aromatic N) is 5. The van der Waals surface area contributed by atoms with Crippen LogP contribution in [0.5, 0.6) is 0 Å². The molecule has 2 aliphatic rings. The summed E-state index contributed by atoms with van der Waals surface area (Å²) in [5.74, 6) is 2.21. The Balaban J connectivity index is 1.50. The highest BCUT2D eigenvalue weighted by Crippen LogP contribution is 2.44. The minimum Gasteiger partial charge on any atom is -0.338 e. The fourth-order valence-electron chi connectivity index (χ4n) is 4.30. The smallest absolute Gasteiger partial charge is 0.234 e. The van der Waals surface area contributed by atoms with Gasteiger partial charge in [0.15, 0.2) is 0 Å². The second kappa shape index (κ2) is 5.77. The van der Waals surface area contributed by atoms with Crippen molar-refractivity contribution in [2.45, 2.75) is 43.6 Å². The molecule has 25 heavy (non-hydrogen) atoms. The van der Waals surface area contributed by atoms with Crippen LogP contribution in [0.25, 0.3) is 17.2 Å². The molecular formula is C18H20N6O. The summed E-state index contributed by atoms with van der Waals surface area (Å²) in [4.78, 5) is 13.2. The fourth-order valence-corrected chi connectivity index (χ4v) is 4.30. The van der Waals surface area contributed by atoms with Gasteiger partial charge in [-0.05, 0) is 37.9 Å². The van der Waals surface area contributed by atoms with E-state index >= 15 is 0 Å². The first-order valence-corrected chi connectivity index (χ1v) is 8.87. The van der Waals surface area contributed by atoms with Crippen molar-refractivity contribution < 1.29 is 4.52 Å². The van der Waals surface area contributed by atoms with Crippen molar-refractivity contribution in [3.8, 4) is 17.2 Å². The Labute approximate surface area is 145 Å². The summed E-state index contributed by atoms with van der Waals surface area (Å²) in [6, 6.07) is 4.34. The van der Waals surface area contributed by atoms with Gasteiger partial charge >= 0.3 is 0 Å². The Hall–Kier alpha value is -2.54. The molecule has 1 saturated heterocycles. The van der Waals surface area contributed by atoms with Crippen LogP contribution in [0.1, 0.15) is 38.0 Å². The number of pyridine rings is 1. The highest BCUT2D eigenvalue weighted by Gasteiger charge is 2.49. The molecule has 0 unspecified atom stereocenters. The Morgan fingerprint density at radius 1 is 1.24 bits per heavy atom. The van der Waals surface area contributed by atoms with Crippen LogP contribution in [0.2, 0.25) is 0 Å². The Kier molecular flexibility index (Phi) is 3.41. The summed E-state index contributed by atoms with van der Waals surface area (Å²) >= 11 is 0. The van der Waals surface area contributed by atoms with E-state index in [4.69, 9.17) is 9.51 Å². The first kappa shape index (κ1) is 14.8. The molecule has 2 fully saturated rings. The average molecular weight is 336 g/mol. The van der Waals surface area contributed by atoms with Crippen molar-refractivity contribution in [1.82, 2.24) is 30.0 Å². The van der Waals surface area contributed by atoms with E-state index in [0.717, 1.165) is 36.7 Å². The van der Waals surface area contributed by atoms with E-state index in [1.165, 1.54) is 19.3 Å². The molecule has 1 aliphatic heterocycles. The van der Waals surface area contributed by atoms with Crippen LogP contribution in [0.4, 0.5) is 0 Å². The molecule has 0 bridgehead atoms. The number of hydrogen-bond donors (Lipinski definition) is 1. The molecule has 3 aromatic heterocycles. The van der Waals surface area contributed by atoms with Gasteiger partial charge < -0.3 is 9.84 Å². The van der Waals surface area contributed by atoms with Crippen LogP contribution in [0, 0.1) is 0 Å². The second-order valence-corrected chi connectivity index (χ2v) is 6.95. The number of hydrogen-bond acceptors (Lipinski definition) is 6. The lowest BCUT2D eigenvalue weighted by Crippen LogP contribution is -2.43. The van der Waals surface area contributed by atoms with Crippen molar-refractivity contribution in [3.05, 3.63) is 42.9 Å². The van der Waals surface area contributed by atoms with Gasteiger partial charge in [0, 0.05) is 30.2 Å². The van der Waals surface area contributed by atoms with Crippen LogP contribution in [-0.4, -0.2) is 37.3 Å². The number of nitrogens with one attached hydrogen (secondary N) is 1. The van der Waals surface area contributed by atoms with E-state index < -0.39 is 0 Å². The molecule has 0 radical (unpaired) electrons. The number of fused-ring (bicyclic) bond motifs is 1. The lowest BCUT2D eigenvalue weighted by atomic mass is 9.70. The topological polar surface area (TPSA) is 81.7 Å². The Morgan fingerprint density at radius 2 is 2.24 bits per heavy atom. The van der Waals surface area contributed by atoms with Crippen molar-refractivity contribution in [3.63, 3.8) is 0 Å².